The van der Waals surface area contributed by atoms with Gasteiger partial charge in [0.15, 0.2) is 5.78 Å². The zero-order valence-corrected chi connectivity index (χ0v) is 14.5. The number of hydrogen-bond donors (Lipinski definition) is 0. The predicted molar refractivity (Wildman–Crippen MR) is 90.3 cm³/mol. The fraction of sp³-hybridized carbons (Fsp3) is 0.312. The maximum absolute atomic E-state index is 12.4. The second kappa shape index (κ2) is 7.73. The summed E-state index contributed by atoms with van der Waals surface area (Å²) in [5, 5.41) is 2.06. The van der Waals surface area contributed by atoms with Crippen LogP contribution in [-0.2, 0) is 6.54 Å². The molecular formula is C16H18BrNO2S. The molecular weight excluding hydrogens is 350 g/mol. The fourth-order valence-electron chi connectivity index (χ4n) is 2.04. The first kappa shape index (κ1) is 16.2. The molecule has 0 aliphatic rings. The monoisotopic (exact) mass is 367 g/mol. The molecule has 0 bridgehead atoms. The van der Waals surface area contributed by atoms with E-state index in [4.69, 9.17) is 4.74 Å². The van der Waals surface area contributed by atoms with Gasteiger partial charge in [-0.05, 0) is 52.1 Å². The third kappa shape index (κ3) is 4.40. The van der Waals surface area contributed by atoms with Crippen LogP contribution in [0.2, 0.25) is 0 Å². The molecule has 0 unspecified atom stereocenters. The van der Waals surface area contributed by atoms with Crippen molar-refractivity contribution in [2.75, 3.05) is 20.2 Å². The molecule has 0 fully saturated rings. The number of benzene rings is 1. The van der Waals surface area contributed by atoms with Crippen LogP contribution in [0, 0.1) is 0 Å². The third-order valence-corrected chi connectivity index (χ3v) is 4.73. The highest BCUT2D eigenvalue weighted by atomic mass is 79.9. The number of ketones is 1. The van der Waals surface area contributed by atoms with Gasteiger partial charge >= 0.3 is 0 Å². The molecule has 0 aliphatic heterocycles. The molecule has 0 saturated heterocycles. The van der Waals surface area contributed by atoms with E-state index in [1.807, 2.05) is 24.3 Å². The molecule has 0 amide bonds. The smallest absolute Gasteiger partial charge is 0.176 e. The van der Waals surface area contributed by atoms with Gasteiger partial charge in [-0.25, -0.2) is 0 Å². The number of Topliss-reactive ketones (excluding diaryl/α,β-unsaturated/α-hetero) is 1. The summed E-state index contributed by atoms with van der Waals surface area (Å²) in [5.41, 5.74) is 0.701. The largest absolute Gasteiger partial charge is 0.496 e. The minimum atomic E-state index is 0.122. The van der Waals surface area contributed by atoms with Crippen LogP contribution in [0.4, 0.5) is 0 Å². The van der Waals surface area contributed by atoms with E-state index in [0.717, 1.165) is 23.3 Å². The Balaban J connectivity index is 2.03. The Hall–Kier alpha value is -1.17. The van der Waals surface area contributed by atoms with Gasteiger partial charge in [0.25, 0.3) is 0 Å². The van der Waals surface area contributed by atoms with Crippen molar-refractivity contribution < 1.29 is 9.53 Å². The number of carbonyl (C=O) groups is 1. The predicted octanol–water partition coefficient (Wildman–Crippen LogP) is 4.22. The lowest BCUT2D eigenvalue weighted by molar-refractivity contribution is 0.0930. The van der Waals surface area contributed by atoms with Gasteiger partial charge in [0.05, 0.1) is 18.1 Å². The number of likely N-dealkylation sites (N-methyl/N-ethyl adjacent to an activating group) is 1. The second-order valence-electron chi connectivity index (χ2n) is 4.66. The van der Waals surface area contributed by atoms with Crippen LogP contribution in [-0.4, -0.2) is 30.9 Å². The molecule has 0 N–H and O–H groups in total. The Bertz CT molecular complexity index is 598. The molecule has 112 valence electrons. The Kier molecular flexibility index (Phi) is 5.96. The van der Waals surface area contributed by atoms with Crippen LogP contribution in [0.15, 0.2) is 40.2 Å². The SMILES string of the molecule is CCN(CC(=O)c1ccc(OC)c(Br)c1)Cc1cccs1. The van der Waals surface area contributed by atoms with E-state index in [1.54, 1.807) is 18.4 Å². The van der Waals surface area contributed by atoms with Gasteiger partial charge in [-0.15, -0.1) is 11.3 Å². The van der Waals surface area contributed by atoms with E-state index in [9.17, 15) is 4.79 Å². The lowest BCUT2D eigenvalue weighted by Gasteiger charge is -2.18. The van der Waals surface area contributed by atoms with Crippen LogP contribution >= 0.6 is 27.3 Å². The van der Waals surface area contributed by atoms with Crippen molar-refractivity contribution >= 4 is 33.0 Å². The highest BCUT2D eigenvalue weighted by molar-refractivity contribution is 9.10. The summed E-state index contributed by atoms with van der Waals surface area (Å²) in [6, 6.07) is 9.58. The molecule has 1 aromatic heterocycles. The van der Waals surface area contributed by atoms with E-state index in [2.05, 4.69) is 39.2 Å². The van der Waals surface area contributed by atoms with Crippen molar-refractivity contribution in [3.8, 4) is 5.75 Å². The number of carbonyl (C=O) groups excluding carboxylic acids is 1. The lowest BCUT2D eigenvalue weighted by atomic mass is 10.1. The summed E-state index contributed by atoms with van der Waals surface area (Å²) in [5.74, 6) is 0.856. The van der Waals surface area contributed by atoms with Crippen LogP contribution < -0.4 is 4.74 Å². The number of nitrogens with zero attached hydrogens (tertiary/aromatic N) is 1. The van der Waals surface area contributed by atoms with Crippen molar-refractivity contribution in [2.45, 2.75) is 13.5 Å². The van der Waals surface area contributed by atoms with Gasteiger partial charge in [-0.3, -0.25) is 9.69 Å². The van der Waals surface area contributed by atoms with E-state index in [0.29, 0.717) is 12.1 Å². The zero-order chi connectivity index (χ0) is 15.2. The Morgan fingerprint density at radius 3 is 2.76 bits per heavy atom. The van der Waals surface area contributed by atoms with Crippen molar-refractivity contribution in [2.24, 2.45) is 0 Å². The molecule has 0 spiro atoms. The molecule has 0 aliphatic carbocycles. The van der Waals surface area contributed by atoms with Crippen molar-refractivity contribution in [1.29, 1.82) is 0 Å². The van der Waals surface area contributed by atoms with Crippen LogP contribution in [0.1, 0.15) is 22.2 Å². The Labute approximate surface area is 137 Å². The summed E-state index contributed by atoms with van der Waals surface area (Å²) in [7, 11) is 1.61. The molecule has 3 nitrogen and oxygen atoms in total. The average Bonchev–Trinajstić information content (AvgIpc) is 2.99. The number of ether oxygens (including phenoxy) is 1. The maximum atomic E-state index is 12.4. The van der Waals surface area contributed by atoms with Crippen molar-refractivity contribution in [1.82, 2.24) is 4.90 Å². The fourth-order valence-corrected chi connectivity index (χ4v) is 3.32. The number of halogens is 1. The molecule has 2 aromatic rings. The van der Waals surface area contributed by atoms with Gasteiger partial charge in [-0.1, -0.05) is 13.0 Å². The highest BCUT2D eigenvalue weighted by Gasteiger charge is 2.13. The van der Waals surface area contributed by atoms with Crippen LogP contribution in [0.3, 0.4) is 0 Å². The van der Waals surface area contributed by atoms with Gasteiger partial charge in [0.1, 0.15) is 5.75 Å². The van der Waals surface area contributed by atoms with Gasteiger partial charge < -0.3 is 4.74 Å². The maximum Gasteiger partial charge on any atom is 0.176 e. The molecule has 1 heterocycles. The topological polar surface area (TPSA) is 29.5 Å². The van der Waals surface area contributed by atoms with Crippen LogP contribution in [0.25, 0.3) is 0 Å². The van der Waals surface area contributed by atoms with Gasteiger partial charge in [0.2, 0.25) is 0 Å². The zero-order valence-electron chi connectivity index (χ0n) is 12.1. The van der Waals surface area contributed by atoms with Gasteiger partial charge in [0, 0.05) is 17.0 Å². The molecule has 0 atom stereocenters. The van der Waals surface area contributed by atoms with Crippen molar-refractivity contribution in [3.63, 3.8) is 0 Å². The quantitative estimate of drug-likeness (QED) is 0.686. The highest BCUT2D eigenvalue weighted by Crippen LogP contribution is 2.25. The van der Waals surface area contributed by atoms with E-state index >= 15 is 0 Å². The number of thiophene rings is 1. The Morgan fingerprint density at radius 2 is 2.19 bits per heavy atom. The van der Waals surface area contributed by atoms with Crippen LogP contribution in [0.5, 0.6) is 5.75 Å². The average molecular weight is 368 g/mol. The van der Waals surface area contributed by atoms with Crippen molar-refractivity contribution in [3.05, 3.63) is 50.6 Å². The molecule has 0 radical (unpaired) electrons. The number of rotatable bonds is 7. The number of methoxy groups -OCH3 is 1. The normalized spacial score (nSPS) is 10.9. The van der Waals surface area contributed by atoms with E-state index < -0.39 is 0 Å². The van der Waals surface area contributed by atoms with Gasteiger partial charge in [-0.2, -0.15) is 0 Å². The summed E-state index contributed by atoms with van der Waals surface area (Å²) >= 11 is 5.14. The second-order valence-corrected chi connectivity index (χ2v) is 6.54. The first-order chi connectivity index (χ1) is 10.1. The van der Waals surface area contributed by atoms with E-state index in [1.165, 1.54) is 4.88 Å². The molecule has 0 saturated carbocycles. The number of hydrogen-bond acceptors (Lipinski definition) is 4. The summed E-state index contributed by atoms with van der Waals surface area (Å²) in [4.78, 5) is 15.8. The lowest BCUT2D eigenvalue weighted by Crippen LogP contribution is -2.29. The van der Waals surface area contributed by atoms with E-state index in [-0.39, 0.29) is 5.78 Å². The Morgan fingerprint density at radius 1 is 1.38 bits per heavy atom. The summed E-state index contributed by atoms with van der Waals surface area (Å²) < 4.78 is 5.99. The molecule has 21 heavy (non-hydrogen) atoms. The summed E-state index contributed by atoms with van der Waals surface area (Å²) in [6.07, 6.45) is 0. The third-order valence-electron chi connectivity index (χ3n) is 3.25. The molecule has 2 rings (SSSR count). The first-order valence-electron chi connectivity index (χ1n) is 6.75. The molecule has 5 heteroatoms. The minimum absolute atomic E-state index is 0.122. The first-order valence-corrected chi connectivity index (χ1v) is 8.42. The minimum Gasteiger partial charge on any atom is -0.496 e. The molecule has 1 aromatic carbocycles. The standard InChI is InChI=1S/C16H18BrNO2S/c1-3-18(10-13-5-4-8-21-13)11-15(19)12-6-7-16(20-2)14(17)9-12/h4-9H,3,10-11H2,1-2H3. The summed E-state index contributed by atoms with van der Waals surface area (Å²) in [6.45, 7) is 4.16.